The highest BCUT2D eigenvalue weighted by Crippen LogP contribution is 2.34. The number of ether oxygens (including phenoxy) is 1. The Morgan fingerprint density at radius 2 is 2.04 bits per heavy atom. The Balaban J connectivity index is 1.91. The van der Waals surface area contributed by atoms with Gasteiger partial charge in [-0.25, -0.2) is 9.59 Å². The molecule has 2 atom stereocenters. The topological polar surface area (TPSA) is 66.8 Å². The molecule has 1 aromatic heterocycles. The number of fused-ring (bicyclic) bond motifs is 1. The molecule has 0 amide bonds. The van der Waals surface area contributed by atoms with Crippen LogP contribution in [0.1, 0.15) is 29.0 Å². The fourth-order valence-electron chi connectivity index (χ4n) is 2.90. The first kappa shape index (κ1) is 18.1. The summed E-state index contributed by atoms with van der Waals surface area (Å²) < 4.78 is 4.88. The van der Waals surface area contributed by atoms with Gasteiger partial charge >= 0.3 is 11.9 Å². The van der Waals surface area contributed by atoms with Gasteiger partial charge in [-0.3, -0.25) is 4.90 Å². The quantitative estimate of drug-likeness (QED) is 0.653. The summed E-state index contributed by atoms with van der Waals surface area (Å²) in [5.41, 5.74) is 1.76. The van der Waals surface area contributed by atoms with Crippen molar-refractivity contribution < 1.29 is 19.4 Å². The smallest absolute Gasteiger partial charge is 0.342 e. The number of hydrogen-bond acceptors (Lipinski definition) is 6. The van der Waals surface area contributed by atoms with Crippen molar-refractivity contribution in [3.63, 3.8) is 0 Å². The van der Waals surface area contributed by atoms with E-state index in [4.69, 9.17) is 16.3 Å². The average molecular weight is 380 g/mol. The van der Waals surface area contributed by atoms with Crippen molar-refractivity contribution in [2.45, 2.75) is 32.0 Å². The van der Waals surface area contributed by atoms with Crippen LogP contribution in [0.15, 0.2) is 35.7 Å². The first-order chi connectivity index (χ1) is 12.0. The highest BCUT2D eigenvalue weighted by molar-refractivity contribution is 7.10. The number of rotatable bonds is 4. The van der Waals surface area contributed by atoms with Crippen molar-refractivity contribution in [1.82, 2.24) is 4.90 Å². The molecule has 2 aromatic rings. The number of thiophene rings is 1. The standard InChI is InChI=1S/C18H18ClNO4S/c1-11(21)17(22)24-18(23)16(13-4-2-3-5-14(13)19)20-8-6-15-12(10-20)7-9-25-15/h2-5,7,9,11,16,21H,6,8,10H2,1H3/t11?,16-/m0/s1. The zero-order valence-electron chi connectivity index (χ0n) is 13.6. The molecular weight excluding hydrogens is 362 g/mol. The SMILES string of the molecule is CC(O)C(=O)OC(=O)[C@H](c1ccccc1Cl)N1CCc2sccc2C1. The molecule has 0 spiro atoms. The van der Waals surface area contributed by atoms with Gasteiger partial charge in [-0.2, -0.15) is 0 Å². The Kier molecular flexibility index (Phi) is 5.54. The molecule has 0 fully saturated rings. The Bertz CT molecular complexity index is 789. The molecular formula is C18H18ClNO4S. The molecule has 1 aromatic carbocycles. The van der Waals surface area contributed by atoms with E-state index in [1.54, 1.807) is 35.6 Å². The maximum absolute atomic E-state index is 12.7. The van der Waals surface area contributed by atoms with E-state index in [0.29, 0.717) is 23.7 Å². The van der Waals surface area contributed by atoms with Gasteiger partial charge in [-0.05, 0) is 42.0 Å². The zero-order chi connectivity index (χ0) is 18.0. The number of aliphatic hydroxyl groups excluding tert-OH is 1. The number of esters is 2. The number of benzene rings is 1. The molecule has 0 saturated carbocycles. The Labute approximate surface area is 154 Å². The van der Waals surface area contributed by atoms with Crippen molar-refractivity contribution in [3.05, 3.63) is 56.7 Å². The number of hydrogen-bond donors (Lipinski definition) is 1. The van der Waals surface area contributed by atoms with Gasteiger partial charge in [0.15, 0.2) is 0 Å². The van der Waals surface area contributed by atoms with Crippen LogP contribution in [-0.2, 0) is 27.3 Å². The van der Waals surface area contributed by atoms with Crippen LogP contribution in [0.5, 0.6) is 0 Å². The third kappa shape index (κ3) is 3.93. The van der Waals surface area contributed by atoms with Crippen molar-refractivity contribution in [3.8, 4) is 0 Å². The van der Waals surface area contributed by atoms with Crippen LogP contribution >= 0.6 is 22.9 Å². The molecule has 2 heterocycles. The van der Waals surface area contributed by atoms with E-state index < -0.39 is 24.1 Å². The number of carbonyl (C=O) groups excluding carboxylic acids is 2. The summed E-state index contributed by atoms with van der Waals surface area (Å²) >= 11 is 8.00. The van der Waals surface area contributed by atoms with E-state index in [0.717, 1.165) is 6.42 Å². The Morgan fingerprint density at radius 1 is 1.28 bits per heavy atom. The molecule has 1 aliphatic heterocycles. The third-order valence-electron chi connectivity index (χ3n) is 4.17. The van der Waals surface area contributed by atoms with Gasteiger partial charge < -0.3 is 9.84 Å². The van der Waals surface area contributed by atoms with Crippen LogP contribution in [0.3, 0.4) is 0 Å². The van der Waals surface area contributed by atoms with E-state index in [1.165, 1.54) is 17.4 Å². The summed E-state index contributed by atoms with van der Waals surface area (Å²) in [4.78, 5) is 27.6. The van der Waals surface area contributed by atoms with Gasteiger partial charge in [-0.1, -0.05) is 29.8 Å². The summed E-state index contributed by atoms with van der Waals surface area (Å²) in [5.74, 6) is -1.69. The largest absolute Gasteiger partial charge is 0.390 e. The summed E-state index contributed by atoms with van der Waals surface area (Å²) in [6.07, 6.45) is -0.536. The third-order valence-corrected chi connectivity index (χ3v) is 5.53. The van der Waals surface area contributed by atoms with Gasteiger partial charge in [0.05, 0.1) is 0 Å². The molecule has 3 rings (SSSR count). The molecule has 1 unspecified atom stereocenters. The van der Waals surface area contributed by atoms with Crippen LogP contribution in [0.4, 0.5) is 0 Å². The first-order valence-electron chi connectivity index (χ1n) is 7.94. The minimum absolute atomic E-state index is 0.435. The normalized spacial score (nSPS) is 16.8. The molecule has 1 N–H and O–H groups in total. The van der Waals surface area contributed by atoms with E-state index in [2.05, 4.69) is 0 Å². The lowest BCUT2D eigenvalue weighted by Gasteiger charge is -2.33. The van der Waals surface area contributed by atoms with Crippen molar-refractivity contribution in [2.75, 3.05) is 6.54 Å². The van der Waals surface area contributed by atoms with Crippen LogP contribution in [-0.4, -0.2) is 34.6 Å². The van der Waals surface area contributed by atoms with E-state index in [-0.39, 0.29) is 0 Å². The Hall–Kier alpha value is -1.73. The van der Waals surface area contributed by atoms with Gasteiger partial charge in [-0.15, -0.1) is 11.3 Å². The highest BCUT2D eigenvalue weighted by Gasteiger charge is 2.35. The summed E-state index contributed by atoms with van der Waals surface area (Å²) in [6.45, 7) is 2.49. The maximum atomic E-state index is 12.7. The van der Waals surface area contributed by atoms with E-state index >= 15 is 0 Å². The molecule has 0 bridgehead atoms. The number of carbonyl (C=O) groups is 2. The van der Waals surface area contributed by atoms with Crippen molar-refractivity contribution in [2.24, 2.45) is 0 Å². The van der Waals surface area contributed by atoms with E-state index in [1.807, 2.05) is 16.3 Å². The number of nitrogens with zero attached hydrogens (tertiary/aromatic N) is 1. The number of halogens is 1. The fourth-order valence-corrected chi connectivity index (χ4v) is 4.03. The molecule has 25 heavy (non-hydrogen) atoms. The average Bonchev–Trinajstić information content (AvgIpc) is 3.04. The molecule has 5 nitrogen and oxygen atoms in total. The Morgan fingerprint density at radius 3 is 2.76 bits per heavy atom. The maximum Gasteiger partial charge on any atom is 0.342 e. The highest BCUT2D eigenvalue weighted by atomic mass is 35.5. The van der Waals surface area contributed by atoms with E-state index in [9.17, 15) is 14.7 Å². The van der Waals surface area contributed by atoms with Crippen LogP contribution in [0, 0.1) is 0 Å². The molecule has 132 valence electrons. The monoisotopic (exact) mass is 379 g/mol. The van der Waals surface area contributed by atoms with Gasteiger partial charge in [0.1, 0.15) is 12.1 Å². The zero-order valence-corrected chi connectivity index (χ0v) is 15.2. The van der Waals surface area contributed by atoms with Crippen molar-refractivity contribution >= 4 is 34.9 Å². The fraction of sp³-hybridized carbons (Fsp3) is 0.333. The van der Waals surface area contributed by atoms with Crippen LogP contribution < -0.4 is 0 Å². The molecule has 1 aliphatic rings. The van der Waals surface area contributed by atoms with Crippen molar-refractivity contribution in [1.29, 1.82) is 0 Å². The van der Waals surface area contributed by atoms with Gasteiger partial charge in [0, 0.05) is 23.0 Å². The van der Waals surface area contributed by atoms with Crippen LogP contribution in [0.2, 0.25) is 5.02 Å². The molecule has 0 aliphatic carbocycles. The van der Waals surface area contributed by atoms with Crippen LogP contribution in [0.25, 0.3) is 0 Å². The van der Waals surface area contributed by atoms with Gasteiger partial charge in [0.25, 0.3) is 0 Å². The molecule has 0 saturated heterocycles. The summed E-state index contributed by atoms with van der Waals surface area (Å²) in [6, 6.07) is 8.27. The lowest BCUT2D eigenvalue weighted by molar-refractivity contribution is -0.169. The lowest BCUT2D eigenvalue weighted by atomic mass is 10.0. The number of aliphatic hydroxyl groups is 1. The molecule has 0 radical (unpaired) electrons. The summed E-state index contributed by atoms with van der Waals surface area (Å²) in [7, 11) is 0. The van der Waals surface area contributed by atoms with Gasteiger partial charge in [0.2, 0.25) is 0 Å². The summed E-state index contributed by atoms with van der Waals surface area (Å²) in [5, 5.41) is 11.8. The second-order valence-corrected chi connectivity index (χ2v) is 7.34. The minimum Gasteiger partial charge on any atom is -0.390 e. The lowest BCUT2D eigenvalue weighted by Crippen LogP contribution is -2.40. The minimum atomic E-state index is -1.36. The second-order valence-electron chi connectivity index (χ2n) is 5.93. The second kappa shape index (κ2) is 7.66. The molecule has 7 heteroatoms. The predicted molar refractivity (Wildman–Crippen MR) is 95.4 cm³/mol. The predicted octanol–water partition coefficient (Wildman–Crippen LogP) is 2.95. The first-order valence-corrected chi connectivity index (χ1v) is 9.20.